The molecule has 0 saturated heterocycles. The minimum atomic E-state index is -0.547. The summed E-state index contributed by atoms with van der Waals surface area (Å²) in [6.45, 7) is 1.41. The quantitative estimate of drug-likeness (QED) is 0.462. The first-order chi connectivity index (χ1) is 14.4. The number of thiazole rings is 1. The number of aromatic amines is 1. The van der Waals surface area contributed by atoms with Crippen LogP contribution < -0.4 is 21.5 Å². The highest BCUT2D eigenvalue weighted by molar-refractivity contribution is 7.14. The van der Waals surface area contributed by atoms with Crippen molar-refractivity contribution < 1.29 is 14.4 Å². The van der Waals surface area contributed by atoms with E-state index >= 15 is 0 Å². The van der Waals surface area contributed by atoms with Crippen molar-refractivity contribution in [2.24, 2.45) is 0 Å². The molecule has 10 heteroatoms. The fourth-order valence-corrected chi connectivity index (χ4v) is 3.33. The molecule has 0 aliphatic carbocycles. The lowest BCUT2D eigenvalue weighted by atomic mass is 10.2. The van der Waals surface area contributed by atoms with Crippen molar-refractivity contribution in [3.63, 3.8) is 0 Å². The summed E-state index contributed by atoms with van der Waals surface area (Å²) in [5.74, 6) is -0.944. The van der Waals surface area contributed by atoms with Crippen LogP contribution in [0.15, 0.2) is 52.8 Å². The third-order valence-corrected chi connectivity index (χ3v) is 4.72. The van der Waals surface area contributed by atoms with Crippen molar-refractivity contribution in [1.82, 2.24) is 9.97 Å². The molecule has 0 atom stereocenters. The number of carbonyl (C=O) groups excluding carboxylic acids is 3. The lowest BCUT2D eigenvalue weighted by Gasteiger charge is -2.07. The van der Waals surface area contributed by atoms with Gasteiger partial charge in [0.25, 0.3) is 11.5 Å². The molecule has 3 aromatic rings. The molecule has 3 amide bonds. The average Bonchev–Trinajstić information content (AvgIpc) is 3.14. The summed E-state index contributed by atoms with van der Waals surface area (Å²) in [4.78, 5) is 53.8. The van der Waals surface area contributed by atoms with Crippen LogP contribution in [0.1, 0.15) is 29.4 Å². The van der Waals surface area contributed by atoms with E-state index in [9.17, 15) is 19.2 Å². The maximum Gasteiger partial charge on any atom is 0.263 e. The minimum absolute atomic E-state index is 0.00452. The second kappa shape index (κ2) is 9.61. The first-order valence-electron chi connectivity index (χ1n) is 9.01. The highest BCUT2D eigenvalue weighted by Crippen LogP contribution is 2.18. The van der Waals surface area contributed by atoms with Gasteiger partial charge in [-0.1, -0.05) is 6.07 Å². The van der Waals surface area contributed by atoms with Crippen LogP contribution in [0.5, 0.6) is 0 Å². The van der Waals surface area contributed by atoms with Gasteiger partial charge in [-0.2, -0.15) is 0 Å². The number of aryl methyl sites for hydroxylation is 1. The van der Waals surface area contributed by atoms with E-state index in [1.807, 2.05) is 0 Å². The lowest BCUT2D eigenvalue weighted by Crippen LogP contribution is -2.22. The van der Waals surface area contributed by atoms with E-state index in [2.05, 4.69) is 25.9 Å². The Morgan fingerprint density at radius 1 is 1.07 bits per heavy atom. The van der Waals surface area contributed by atoms with E-state index in [1.165, 1.54) is 30.5 Å². The molecule has 154 valence electrons. The molecule has 0 spiro atoms. The topological polar surface area (TPSA) is 133 Å². The van der Waals surface area contributed by atoms with E-state index in [0.717, 1.165) is 0 Å². The first kappa shape index (κ1) is 20.9. The van der Waals surface area contributed by atoms with E-state index in [-0.39, 0.29) is 23.8 Å². The molecule has 4 N–H and O–H groups in total. The molecule has 0 aliphatic heterocycles. The van der Waals surface area contributed by atoms with E-state index < -0.39 is 11.5 Å². The summed E-state index contributed by atoms with van der Waals surface area (Å²) in [5.41, 5.74) is 1.34. The van der Waals surface area contributed by atoms with E-state index in [1.54, 1.807) is 35.7 Å². The van der Waals surface area contributed by atoms with Crippen LogP contribution in [-0.2, 0) is 16.0 Å². The number of hydrogen-bond acceptors (Lipinski definition) is 6. The smallest absolute Gasteiger partial charge is 0.263 e. The fourth-order valence-electron chi connectivity index (χ4n) is 2.59. The number of aromatic nitrogens is 2. The Hall–Kier alpha value is -3.79. The summed E-state index contributed by atoms with van der Waals surface area (Å²) in [6, 6.07) is 9.84. The zero-order valence-electron chi connectivity index (χ0n) is 16.0. The Balaban J connectivity index is 1.52. The van der Waals surface area contributed by atoms with Crippen LogP contribution in [0.4, 0.5) is 16.5 Å². The molecule has 1 aromatic carbocycles. The molecule has 0 unspecified atom stereocenters. The molecular weight excluding hydrogens is 406 g/mol. The van der Waals surface area contributed by atoms with E-state index in [0.29, 0.717) is 28.6 Å². The molecule has 0 fully saturated rings. The molecule has 2 aromatic heterocycles. The maximum atomic E-state index is 12.2. The van der Waals surface area contributed by atoms with Gasteiger partial charge < -0.3 is 15.6 Å². The van der Waals surface area contributed by atoms with Crippen molar-refractivity contribution in [2.75, 3.05) is 16.0 Å². The standard InChI is InChI=1S/C20H19N5O4S/c1-12(26)22-13-4-2-5-14(10-13)23-17(27)8-7-15-11-30-20(24-15)25-19(29)16-6-3-9-21-18(16)28/h2-6,9-11H,7-8H2,1H3,(H,21,28)(H,22,26)(H,23,27)(H,24,25,29). The molecule has 9 nitrogen and oxygen atoms in total. The van der Waals surface area contributed by atoms with Gasteiger partial charge >= 0.3 is 0 Å². The normalized spacial score (nSPS) is 10.3. The Kier molecular flexibility index (Phi) is 6.71. The zero-order chi connectivity index (χ0) is 21.5. The number of amides is 3. The lowest BCUT2D eigenvalue weighted by molar-refractivity contribution is -0.116. The van der Waals surface area contributed by atoms with Crippen LogP contribution in [-0.4, -0.2) is 27.7 Å². The van der Waals surface area contributed by atoms with Gasteiger partial charge in [-0.15, -0.1) is 11.3 Å². The summed E-state index contributed by atoms with van der Waals surface area (Å²) < 4.78 is 0. The molecule has 0 saturated carbocycles. The van der Waals surface area contributed by atoms with E-state index in [4.69, 9.17) is 0 Å². The van der Waals surface area contributed by atoms with Crippen LogP contribution in [0.2, 0.25) is 0 Å². The number of anilines is 3. The number of hydrogen-bond donors (Lipinski definition) is 4. The highest BCUT2D eigenvalue weighted by atomic mass is 32.1. The summed E-state index contributed by atoms with van der Waals surface area (Å²) in [6.07, 6.45) is 2.02. The number of H-pyrrole nitrogens is 1. The molecule has 30 heavy (non-hydrogen) atoms. The van der Waals surface area contributed by atoms with Gasteiger partial charge in [0.15, 0.2) is 5.13 Å². The predicted molar refractivity (Wildman–Crippen MR) is 115 cm³/mol. The largest absolute Gasteiger partial charge is 0.328 e. The maximum absolute atomic E-state index is 12.2. The number of pyridine rings is 1. The number of nitrogens with zero attached hydrogens (tertiary/aromatic N) is 1. The van der Waals surface area contributed by atoms with Crippen molar-refractivity contribution in [1.29, 1.82) is 0 Å². The van der Waals surface area contributed by atoms with Crippen molar-refractivity contribution >= 4 is 45.6 Å². The van der Waals surface area contributed by atoms with Crippen molar-refractivity contribution in [3.8, 4) is 0 Å². The SMILES string of the molecule is CC(=O)Nc1cccc(NC(=O)CCc2csc(NC(=O)c3ccc[nH]c3=O)n2)c1. The average molecular weight is 425 g/mol. The van der Waals surface area contributed by atoms with Crippen LogP contribution in [0.3, 0.4) is 0 Å². The number of carbonyl (C=O) groups is 3. The zero-order valence-corrected chi connectivity index (χ0v) is 16.8. The highest BCUT2D eigenvalue weighted by Gasteiger charge is 2.13. The number of nitrogens with one attached hydrogen (secondary N) is 4. The molecule has 0 bridgehead atoms. The summed E-state index contributed by atoms with van der Waals surface area (Å²) in [7, 11) is 0. The number of rotatable bonds is 7. The third kappa shape index (κ3) is 5.85. The summed E-state index contributed by atoms with van der Waals surface area (Å²) in [5, 5.41) is 10.1. The Bertz CT molecular complexity index is 1140. The Morgan fingerprint density at radius 2 is 1.83 bits per heavy atom. The van der Waals surface area contributed by atoms with Gasteiger partial charge in [-0.3, -0.25) is 24.5 Å². The fraction of sp³-hybridized carbons (Fsp3) is 0.150. The Morgan fingerprint density at radius 3 is 2.57 bits per heavy atom. The molecule has 3 rings (SSSR count). The van der Waals surface area contributed by atoms with Crippen LogP contribution >= 0.6 is 11.3 Å². The second-order valence-corrected chi connectivity index (χ2v) is 7.18. The molecule has 0 aliphatic rings. The van der Waals surface area contributed by atoms with Gasteiger partial charge in [0.2, 0.25) is 11.8 Å². The molecule has 0 radical (unpaired) electrons. The van der Waals surface area contributed by atoms with Gasteiger partial charge in [-0.25, -0.2) is 4.98 Å². The number of benzene rings is 1. The second-order valence-electron chi connectivity index (χ2n) is 6.32. The monoisotopic (exact) mass is 425 g/mol. The van der Waals surface area contributed by atoms with Gasteiger partial charge in [0, 0.05) is 36.3 Å². The van der Waals surface area contributed by atoms with Gasteiger partial charge in [-0.05, 0) is 36.8 Å². The minimum Gasteiger partial charge on any atom is -0.328 e. The predicted octanol–water partition coefficient (Wildman–Crippen LogP) is 2.61. The Labute approximate surface area is 175 Å². The van der Waals surface area contributed by atoms with Crippen molar-refractivity contribution in [2.45, 2.75) is 19.8 Å². The third-order valence-electron chi connectivity index (χ3n) is 3.91. The first-order valence-corrected chi connectivity index (χ1v) is 9.89. The summed E-state index contributed by atoms with van der Waals surface area (Å²) >= 11 is 1.21. The van der Waals surface area contributed by atoms with Crippen molar-refractivity contribution in [3.05, 3.63) is 69.6 Å². The molecular formula is C20H19N5O4S. The van der Waals surface area contributed by atoms with Gasteiger partial charge in [0.1, 0.15) is 5.56 Å². The van der Waals surface area contributed by atoms with Crippen LogP contribution in [0.25, 0.3) is 0 Å². The van der Waals surface area contributed by atoms with Crippen LogP contribution in [0, 0.1) is 0 Å². The molecule has 2 heterocycles. The van der Waals surface area contributed by atoms with Gasteiger partial charge in [0.05, 0.1) is 5.69 Å².